The lowest BCUT2D eigenvalue weighted by Gasteiger charge is -2.48. The second-order valence-corrected chi connectivity index (χ2v) is 9.82. The number of rotatable bonds is 4. The van der Waals surface area contributed by atoms with Gasteiger partial charge in [-0.2, -0.15) is 4.39 Å². The molecule has 1 saturated heterocycles. The van der Waals surface area contributed by atoms with E-state index in [9.17, 15) is 9.18 Å². The molecule has 1 spiro atoms. The number of carbonyl (C=O) groups is 1. The van der Waals surface area contributed by atoms with E-state index in [1.807, 2.05) is 47.4 Å². The molecule has 154 valence electrons. The molecule has 2 aliphatic rings. The van der Waals surface area contributed by atoms with Gasteiger partial charge in [0.2, 0.25) is 5.91 Å². The summed E-state index contributed by atoms with van der Waals surface area (Å²) >= 11 is 1.28. The molecule has 5 heteroatoms. The highest BCUT2D eigenvalue weighted by Gasteiger charge is 2.48. The smallest absolute Gasteiger partial charge is 0.246 e. The van der Waals surface area contributed by atoms with Crippen LogP contribution in [0.4, 0.5) is 4.39 Å². The Morgan fingerprint density at radius 3 is 2.41 bits per heavy atom. The van der Waals surface area contributed by atoms with Gasteiger partial charge in [0.05, 0.1) is 5.54 Å². The Bertz CT molecular complexity index is 881. The van der Waals surface area contributed by atoms with Crippen LogP contribution in [0.2, 0.25) is 0 Å². The summed E-state index contributed by atoms with van der Waals surface area (Å²) in [6.07, 6.45) is 8.87. The molecule has 1 aromatic heterocycles. The molecule has 1 aromatic carbocycles. The summed E-state index contributed by atoms with van der Waals surface area (Å²) < 4.78 is 13.7. The zero-order valence-electron chi connectivity index (χ0n) is 17.2. The number of nitrogens with zero attached hydrogens (tertiary/aromatic N) is 2. The van der Waals surface area contributed by atoms with Gasteiger partial charge in [-0.1, -0.05) is 30.3 Å². The Balaban J connectivity index is 1.41. The molecule has 2 aromatic rings. The zero-order chi connectivity index (χ0) is 20.5. The second-order valence-electron chi connectivity index (χ2n) is 8.78. The largest absolute Gasteiger partial charge is 0.339 e. The van der Waals surface area contributed by atoms with Gasteiger partial charge in [0.25, 0.3) is 0 Å². The summed E-state index contributed by atoms with van der Waals surface area (Å²) in [5, 5.41) is -0.107. The third-order valence-corrected chi connectivity index (χ3v) is 8.06. The fraction of sp³-hybridized carbons (Fsp3) is 0.458. The van der Waals surface area contributed by atoms with Crippen LogP contribution in [-0.4, -0.2) is 42.9 Å². The molecule has 1 aliphatic carbocycles. The number of hydrogen-bond acceptors (Lipinski definition) is 3. The minimum Gasteiger partial charge on any atom is -0.339 e. The fourth-order valence-corrected chi connectivity index (χ4v) is 6.10. The van der Waals surface area contributed by atoms with Crippen molar-refractivity contribution in [1.29, 1.82) is 0 Å². The lowest BCUT2D eigenvalue weighted by Crippen LogP contribution is -2.47. The average molecular weight is 413 g/mol. The van der Waals surface area contributed by atoms with Crippen LogP contribution in [0.5, 0.6) is 0 Å². The summed E-state index contributed by atoms with van der Waals surface area (Å²) in [6, 6.07) is 13.5. The van der Waals surface area contributed by atoms with Gasteiger partial charge in [0.1, 0.15) is 0 Å². The van der Waals surface area contributed by atoms with Gasteiger partial charge in [-0.25, -0.2) is 0 Å². The molecular weight excluding hydrogens is 383 g/mol. The Morgan fingerprint density at radius 1 is 1.07 bits per heavy atom. The summed E-state index contributed by atoms with van der Waals surface area (Å²) in [6.45, 7) is 1.67. The summed E-state index contributed by atoms with van der Waals surface area (Å²) in [4.78, 5) is 18.1. The van der Waals surface area contributed by atoms with E-state index in [4.69, 9.17) is 0 Å². The standard InChI is InChI=1S/C24H29FN2OS/c1-26(2)24(20-9-10-21(25)29-20)14-12-23(13-15-24)16-17-27(18-23)22(28)11-8-19-6-4-3-5-7-19/h3-11H,12-18H2,1-2H3/b11-8-. The van der Waals surface area contributed by atoms with Crippen LogP contribution in [0.25, 0.3) is 6.08 Å². The van der Waals surface area contributed by atoms with E-state index in [0.717, 1.165) is 55.6 Å². The van der Waals surface area contributed by atoms with E-state index >= 15 is 0 Å². The third-order valence-electron chi connectivity index (χ3n) is 6.99. The molecule has 29 heavy (non-hydrogen) atoms. The van der Waals surface area contributed by atoms with Crippen molar-refractivity contribution in [2.75, 3.05) is 27.2 Å². The Labute approximate surface area is 176 Å². The predicted octanol–water partition coefficient (Wildman–Crippen LogP) is 5.15. The first-order valence-electron chi connectivity index (χ1n) is 10.4. The van der Waals surface area contributed by atoms with Crippen LogP contribution < -0.4 is 0 Å². The third kappa shape index (κ3) is 4.03. The molecular formula is C24H29FN2OS. The monoisotopic (exact) mass is 412 g/mol. The first kappa shape index (κ1) is 20.3. The molecule has 2 heterocycles. The lowest BCUT2D eigenvalue weighted by atomic mass is 9.66. The van der Waals surface area contributed by atoms with E-state index < -0.39 is 0 Å². The van der Waals surface area contributed by atoms with Crippen molar-refractivity contribution < 1.29 is 9.18 Å². The van der Waals surface area contributed by atoms with Crippen molar-refractivity contribution >= 4 is 23.3 Å². The van der Waals surface area contributed by atoms with Crippen molar-refractivity contribution in [2.45, 2.75) is 37.6 Å². The van der Waals surface area contributed by atoms with E-state index in [2.05, 4.69) is 19.0 Å². The topological polar surface area (TPSA) is 23.6 Å². The zero-order valence-corrected chi connectivity index (χ0v) is 18.1. The van der Waals surface area contributed by atoms with Crippen LogP contribution in [0.1, 0.15) is 42.5 Å². The average Bonchev–Trinajstić information content (AvgIpc) is 3.35. The van der Waals surface area contributed by atoms with Crippen molar-refractivity contribution in [1.82, 2.24) is 9.80 Å². The van der Waals surface area contributed by atoms with Crippen LogP contribution >= 0.6 is 11.3 Å². The van der Waals surface area contributed by atoms with E-state index in [1.165, 1.54) is 11.3 Å². The minimum absolute atomic E-state index is 0.0785. The number of carbonyl (C=O) groups excluding carboxylic acids is 1. The van der Waals surface area contributed by atoms with Crippen molar-refractivity contribution in [3.63, 3.8) is 0 Å². The number of hydrogen-bond donors (Lipinski definition) is 0. The number of thiophene rings is 1. The molecule has 0 unspecified atom stereocenters. The van der Waals surface area contributed by atoms with E-state index in [0.29, 0.717) is 0 Å². The second kappa shape index (κ2) is 8.04. The lowest BCUT2D eigenvalue weighted by molar-refractivity contribution is -0.125. The van der Waals surface area contributed by atoms with E-state index in [-0.39, 0.29) is 22.0 Å². The van der Waals surface area contributed by atoms with Gasteiger partial charge in [-0.05, 0) is 75.4 Å². The van der Waals surface area contributed by atoms with Crippen LogP contribution in [0, 0.1) is 10.5 Å². The maximum atomic E-state index is 13.7. The molecule has 1 aliphatic heterocycles. The predicted molar refractivity (Wildman–Crippen MR) is 117 cm³/mol. The maximum absolute atomic E-state index is 13.7. The highest BCUT2D eigenvalue weighted by atomic mass is 32.1. The molecule has 0 N–H and O–H groups in total. The molecule has 2 fully saturated rings. The Hall–Kier alpha value is -1.98. The first-order chi connectivity index (χ1) is 13.9. The number of amides is 1. The minimum atomic E-state index is -0.107. The summed E-state index contributed by atoms with van der Waals surface area (Å²) in [5.74, 6) is 0.107. The molecule has 1 amide bonds. The van der Waals surface area contributed by atoms with Gasteiger partial charge in [-0.3, -0.25) is 9.69 Å². The molecule has 3 nitrogen and oxygen atoms in total. The van der Waals surface area contributed by atoms with Crippen molar-refractivity contribution in [3.05, 3.63) is 64.1 Å². The van der Waals surface area contributed by atoms with Crippen LogP contribution in [0.15, 0.2) is 48.5 Å². The molecule has 4 rings (SSSR count). The number of likely N-dealkylation sites (tertiary alicyclic amines) is 1. The van der Waals surface area contributed by atoms with Gasteiger partial charge < -0.3 is 4.90 Å². The van der Waals surface area contributed by atoms with E-state index in [1.54, 1.807) is 12.1 Å². The number of benzene rings is 1. The number of halogens is 1. The highest BCUT2D eigenvalue weighted by molar-refractivity contribution is 7.10. The van der Waals surface area contributed by atoms with Gasteiger partial charge in [0, 0.05) is 24.0 Å². The SMILES string of the molecule is CN(C)C1(c2ccc(F)s2)CCC2(CCN(C(=O)/C=C\c3ccccc3)C2)CC1. The normalized spacial score (nSPS) is 27.4. The molecule has 0 radical (unpaired) electrons. The highest BCUT2D eigenvalue weighted by Crippen LogP contribution is 2.52. The van der Waals surface area contributed by atoms with Crippen molar-refractivity contribution in [3.8, 4) is 0 Å². The van der Waals surface area contributed by atoms with Crippen molar-refractivity contribution in [2.24, 2.45) is 5.41 Å². The summed E-state index contributed by atoms with van der Waals surface area (Å²) in [5.41, 5.74) is 1.18. The van der Waals surface area contributed by atoms with Crippen LogP contribution in [-0.2, 0) is 10.3 Å². The van der Waals surface area contributed by atoms with Crippen LogP contribution in [0.3, 0.4) is 0 Å². The first-order valence-corrected chi connectivity index (χ1v) is 11.2. The summed E-state index contributed by atoms with van der Waals surface area (Å²) in [7, 11) is 4.21. The Kier molecular flexibility index (Phi) is 5.63. The fourth-order valence-electron chi connectivity index (χ4n) is 5.04. The van der Waals surface area contributed by atoms with Gasteiger partial charge in [0.15, 0.2) is 5.13 Å². The molecule has 1 saturated carbocycles. The van der Waals surface area contributed by atoms with Gasteiger partial charge in [-0.15, -0.1) is 11.3 Å². The Morgan fingerprint density at radius 2 is 1.79 bits per heavy atom. The molecule has 0 bridgehead atoms. The molecule has 0 atom stereocenters. The maximum Gasteiger partial charge on any atom is 0.246 e. The van der Waals surface area contributed by atoms with Gasteiger partial charge >= 0.3 is 0 Å². The quantitative estimate of drug-likeness (QED) is 0.649.